The maximum Gasteiger partial charge on any atom is 0.155 e. The fourth-order valence-electron chi connectivity index (χ4n) is 3.42. The molecule has 0 spiro atoms. The molecule has 1 rings (SSSR count). The minimum Gasteiger partial charge on any atom is -0.297 e. The molecule has 0 aromatic heterocycles. The molecule has 0 aliphatic carbocycles. The van der Waals surface area contributed by atoms with E-state index in [-0.39, 0.29) is 22.4 Å². The van der Waals surface area contributed by atoms with Gasteiger partial charge in [0.15, 0.2) is 5.78 Å². The molecule has 2 heteroatoms. The highest BCUT2D eigenvalue weighted by molar-refractivity contribution is 5.89. The van der Waals surface area contributed by atoms with Gasteiger partial charge in [-0.2, -0.15) is 0 Å². The maximum atomic E-state index is 12.9. The molecule has 0 amide bonds. The predicted octanol–water partition coefficient (Wildman–Crippen LogP) is 4.14. The molecular formula is C17H33NO. The van der Waals surface area contributed by atoms with Crippen molar-refractivity contribution >= 4 is 5.78 Å². The molecule has 0 saturated carbocycles. The summed E-state index contributed by atoms with van der Waals surface area (Å²) in [6.07, 6.45) is 0. The molecule has 3 unspecified atom stereocenters. The van der Waals surface area contributed by atoms with Crippen LogP contribution in [0.3, 0.4) is 0 Å². The van der Waals surface area contributed by atoms with Crippen LogP contribution >= 0.6 is 0 Å². The fraction of sp³-hybridized carbons (Fsp3) is 0.941. The monoisotopic (exact) mass is 267 g/mol. The van der Waals surface area contributed by atoms with Crippen molar-refractivity contribution in [1.29, 1.82) is 0 Å². The van der Waals surface area contributed by atoms with Crippen LogP contribution in [-0.4, -0.2) is 28.3 Å². The molecule has 2 nitrogen and oxygen atoms in total. The van der Waals surface area contributed by atoms with Gasteiger partial charge >= 0.3 is 0 Å². The van der Waals surface area contributed by atoms with Crippen molar-refractivity contribution in [3.8, 4) is 0 Å². The van der Waals surface area contributed by atoms with Gasteiger partial charge in [-0.05, 0) is 39.0 Å². The number of ketones is 1. The Morgan fingerprint density at radius 1 is 1.00 bits per heavy atom. The zero-order valence-electron chi connectivity index (χ0n) is 14.6. The molecule has 0 aromatic carbocycles. The molecule has 1 aliphatic heterocycles. The van der Waals surface area contributed by atoms with Gasteiger partial charge in [-0.3, -0.25) is 9.69 Å². The largest absolute Gasteiger partial charge is 0.297 e. The normalized spacial score (nSPS) is 32.6. The summed E-state index contributed by atoms with van der Waals surface area (Å²) in [7, 11) is 0. The predicted molar refractivity (Wildman–Crippen MR) is 82.2 cm³/mol. The van der Waals surface area contributed by atoms with Crippen molar-refractivity contribution in [3.05, 3.63) is 0 Å². The standard InChI is InChI=1S/C17H33NO/c1-11-13(14(19)15(3,4)5)18(16(6,7)8)12(2)17(11,9)10/h11-13H,1-10H3. The highest BCUT2D eigenvalue weighted by Gasteiger charge is 2.56. The maximum absolute atomic E-state index is 12.9. The summed E-state index contributed by atoms with van der Waals surface area (Å²) in [5.74, 6) is 0.765. The Bertz CT molecular complexity index is 356. The first kappa shape index (κ1) is 16.7. The van der Waals surface area contributed by atoms with E-state index in [1.54, 1.807) is 0 Å². The number of carbonyl (C=O) groups is 1. The van der Waals surface area contributed by atoms with Crippen LogP contribution < -0.4 is 0 Å². The molecule has 0 radical (unpaired) electrons. The summed E-state index contributed by atoms with van der Waals surface area (Å²) < 4.78 is 0. The summed E-state index contributed by atoms with van der Waals surface area (Å²) in [6.45, 7) is 21.9. The van der Waals surface area contributed by atoms with Crippen LogP contribution in [0.5, 0.6) is 0 Å². The third kappa shape index (κ3) is 2.74. The average Bonchev–Trinajstić information content (AvgIpc) is 2.35. The molecule has 1 saturated heterocycles. The van der Waals surface area contributed by atoms with Crippen molar-refractivity contribution in [1.82, 2.24) is 4.90 Å². The van der Waals surface area contributed by atoms with E-state index >= 15 is 0 Å². The van der Waals surface area contributed by atoms with Gasteiger partial charge in [0.2, 0.25) is 0 Å². The van der Waals surface area contributed by atoms with Crippen molar-refractivity contribution in [2.24, 2.45) is 16.7 Å². The van der Waals surface area contributed by atoms with E-state index in [0.29, 0.717) is 17.7 Å². The van der Waals surface area contributed by atoms with Crippen molar-refractivity contribution in [3.63, 3.8) is 0 Å². The number of hydrogen-bond acceptors (Lipinski definition) is 2. The van der Waals surface area contributed by atoms with Gasteiger partial charge in [-0.15, -0.1) is 0 Å². The summed E-state index contributed by atoms with van der Waals surface area (Å²) in [5.41, 5.74) is -0.0888. The van der Waals surface area contributed by atoms with Gasteiger partial charge in [0.1, 0.15) is 0 Å². The Balaban J connectivity index is 3.30. The second-order valence-electron chi connectivity index (χ2n) is 8.92. The first-order chi connectivity index (χ1) is 8.22. The molecule has 0 aromatic rings. The minimum absolute atomic E-state index is 0.0209. The van der Waals surface area contributed by atoms with E-state index in [1.165, 1.54) is 0 Å². The third-order valence-electron chi connectivity index (χ3n) is 5.22. The summed E-state index contributed by atoms with van der Waals surface area (Å²) >= 11 is 0. The van der Waals surface area contributed by atoms with E-state index in [1.807, 2.05) is 20.8 Å². The Hall–Kier alpha value is -0.370. The molecule has 1 fully saturated rings. The van der Waals surface area contributed by atoms with E-state index < -0.39 is 0 Å². The first-order valence-electron chi connectivity index (χ1n) is 7.55. The zero-order valence-corrected chi connectivity index (χ0v) is 14.6. The second kappa shape index (κ2) is 4.58. The van der Waals surface area contributed by atoms with Crippen LogP contribution in [-0.2, 0) is 4.79 Å². The van der Waals surface area contributed by atoms with Crippen LogP contribution in [0.25, 0.3) is 0 Å². The van der Waals surface area contributed by atoms with E-state index in [0.717, 1.165) is 0 Å². The van der Waals surface area contributed by atoms with Gasteiger partial charge in [0, 0.05) is 17.0 Å². The topological polar surface area (TPSA) is 20.3 Å². The number of rotatable bonds is 1. The van der Waals surface area contributed by atoms with Gasteiger partial charge in [0.05, 0.1) is 6.04 Å². The highest BCUT2D eigenvalue weighted by atomic mass is 16.1. The van der Waals surface area contributed by atoms with Crippen molar-refractivity contribution in [2.75, 3.05) is 0 Å². The van der Waals surface area contributed by atoms with Crippen molar-refractivity contribution in [2.45, 2.75) is 86.9 Å². The smallest absolute Gasteiger partial charge is 0.155 e. The van der Waals surface area contributed by atoms with E-state index in [4.69, 9.17) is 0 Å². The molecule has 1 heterocycles. The lowest BCUT2D eigenvalue weighted by Crippen LogP contribution is -2.54. The molecule has 3 atom stereocenters. The number of Topliss-reactive ketones (excluding diaryl/α,β-unsaturated/α-hetero) is 1. The molecule has 1 aliphatic rings. The van der Waals surface area contributed by atoms with Crippen LogP contribution in [0.1, 0.15) is 69.2 Å². The van der Waals surface area contributed by atoms with Crippen LogP contribution in [0.2, 0.25) is 0 Å². The molecule has 0 bridgehead atoms. The number of carbonyl (C=O) groups excluding carboxylic acids is 1. The second-order valence-corrected chi connectivity index (χ2v) is 8.92. The quantitative estimate of drug-likeness (QED) is 0.712. The van der Waals surface area contributed by atoms with Gasteiger partial charge in [-0.25, -0.2) is 0 Å². The lowest BCUT2D eigenvalue weighted by atomic mass is 9.73. The van der Waals surface area contributed by atoms with Gasteiger partial charge in [0.25, 0.3) is 0 Å². The summed E-state index contributed by atoms with van der Waals surface area (Å²) in [5, 5.41) is 0. The lowest BCUT2D eigenvalue weighted by Gasteiger charge is -2.42. The molecular weight excluding hydrogens is 234 g/mol. The summed E-state index contributed by atoms with van der Waals surface area (Å²) in [6, 6.07) is 0.448. The highest BCUT2D eigenvalue weighted by Crippen LogP contribution is 2.49. The van der Waals surface area contributed by atoms with Gasteiger partial charge in [-0.1, -0.05) is 41.5 Å². The van der Waals surface area contributed by atoms with E-state index in [2.05, 4.69) is 53.4 Å². The van der Waals surface area contributed by atoms with Gasteiger partial charge < -0.3 is 0 Å². The Kier molecular flexibility index (Phi) is 4.02. The Morgan fingerprint density at radius 2 is 1.42 bits per heavy atom. The fourth-order valence-corrected chi connectivity index (χ4v) is 3.42. The average molecular weight is 267 g/mol. The number of likely N-dealkylation sites (tertiary alicyclic amines) is 1. The van der Waals surface area contributed by atoms with Crippen LogP contribution in [0.15, 0.2) is 0 Å². The van der Waals surface area contributed by atoms with Crippen LogP contribution in [0, 0.1) is 16.7 Å². The van der Waals surface area contributed by atoms with Crippen molar-refractivity contribution < 1.29 is 4.79 Å². The van der Waals surface area contributed by atoms with E-state index in [9.17, 15) is 4.79 Å². The Morgan fingerprint density at radius 3 is 1.74 bits per heavy atom. The number of nitrogens with zero attached hydrogens (tertiary/aromatic N) is 1. The summed E-state index contributed by atoms with van der Waals surface area (Å²) in [4.78, 5) is 15.4. The lowest BCUT2D eigenvalue weighted by molar-refractivity contribution is -0.134. The third-order valence-corrected chi connectivity index (χ3v) is 5.22. The Labute approximate surface area is 119 Å². The molecule has 0 N–H and O–H groups in total. The SMILES string of the molecule is CC1C(C(=O)C(C)(C)C)N(C(C)(C)C)C(C)C1(C)C. The number of hydrogen-bond donors (Lipinski definition) is 0. The molecule has 19 heavy (non-hydrogen) atoms. The zero-order chi connectivity index (χ0) is 15.4. The minimum atomic E-state index is -0.275. The van der Waals surface area contributed by atoms with Crippen LogP contribution in [0.4, 0.5) is 0 Å². The molecule has 112 valence electrons. The first-order valence-corrected chi connectivity index (χ1v) is 7.55.